The summed E-state index contributed by atoms with van der Waals surface area (Å²) in [7, 11) is 0. The Bertz CT molecular complexity index is 727. The Kier molecular flexibility index (Phi) is 2.57. The second-order valence-electron chi connectivity index (χ2n) is 5.34. The van der Waals surface area contributed by atoms with E-state index in [2.05, 4.69) is 0 Å². The van der Waals surface area contributed by atoms with E-state index in [0.29, 0.717) is 12.2 Å². The Hall–Kier alpha value is -2.62. The topological polar surface area (TPSA) is 40.6 Å². The summed E-state index contributed by atoms with van der Waals surface area (Å²) in [5, 5.41) is 0. The van der Waals surface area contributed by atoms with Crippen LogP contribution in [0.3, 0.4) is 0 Å². The van der Waals surface area contributed by atoms with Crippen LogP contribution in [0.25, 0.3) is 0 Å². The molecule has 0 aliphatic carbocycles. The van der Waals surface area contributed by atoms with E-state index in [0.717, 1.165) is 17.5 Å². The molecule has 2 heterocycles. The minimum atomic E-state index is -0.470. The molecule has 104 valence electrons. The van der Waals surface area contributed by atoms with Gasteiger partial charge in [0.2, 0.25) is 0 Å². The summed E-state index contributed by atoms with van der Waals surface area (Å²) in [6, 6.07) is 16.3. The van der Waals surface area contributed by atoms with E-state index in [4.69, 9.17) is 0 Å². The number of hydrogen-bond acceptors (Lipinski definition) is 2. The Morgan fingerprint density at radius 1 is 0.905 bits per heavy atom. The molecule has 0 spiro atoms. The molecule has 1 saturated heterocycles. The van der Waals surface area contributed by atoms with Crippen LogP contribution in [0.4, 0.5) is 10.5 Å². The molecule has 2 aliphatic rings. The van der Waals surface area contributed by atoms with Crippen LogP contribution in [0, 0.1) is 0 Å². The summed E-state index contributed by atoms with van der Waals surface area (Å²) in [5.41, 5.74) is 2.76. The van der Waals surface area contributed by atoms with Crippen molar-refractivity contribution in [3.63, 3.8) is 0 Å². The summed E-state index contributed by atoms with van der Waals surface area (Å²) in [6.45, 7) is 0.593. The van der Waals surface area contributed by atoms with Crippen molar-refractivity contribution in [2.24, 2.45) is 0 Å². The lowest BCUT2D eigenvalue weighted by molar-refractivity contribution is -0.120. The predicted octanol–water partition coefficient (Wildman–Crippen LogP) is 2.75. The van der Waals surface area contributed by atoms with Gasteiger partial charge in [0.25, 0.3) is 5.91 Å². The van der Waals surface area contributed by atoms with Crippen molar-refractivity contribution in [2.75, 3.05) is 11.4 Å². The van der Waals surface area contributed by atoms with Crippen LogP contribution in [0.2, 0.25) is 0 Å². The maximum Gasteiger partial charge on any atom is 0.332 e. The minimum Gasteiger partial charge on any atom is -0.307 e. The van der Waals surface area contributed by atoms with E-state index in [1.165, 1.54) is 4.90 Å². The highest BCUT2D eigenvalue weighted by Gasteiger charge is 2.48. The predicted molar refractivity (Wildman–Crippen MR) is 78.9 cm³/mol. The zero-order valence-corrected chi connectivity index (χ0v) is 11.4. The van der Waals surface area contributed by atoms with Crippen LogP contribution in [0.5, 0.6) is 0 Å². The number of rotatable bonds is 1. The van der Waals surface area contributed by atoms with Gasteiger partial charge in [0, 0.05) is 6.54 Å². The first-order chi connectivity index (χ1) is 10.3. The lowest BCUT2D eigenvalue weighted by Gasteiger charge is -2.28. The normalized spacial score (nSPS) is 20.5. The highest BCUT2D eigenvalue weighted by molar-refractivity contribution is 6.21. The Balaban J connectivity index is 1.81. The fraction of sp³-hybridized carbons (Fsp3) is 0.176. The van der Waals surface area contributed by atoms with Crippen molar-refractivity contribution in [1.82, 2.24) is 4.90 Å². The van der Waals surface area contributed by atoms with Crippen molar-refractivity contribution in [2.45, 2.75) is 12.5 Å². The molecule has 4 rings (SSSR count). The molecule has 2 aromatic carbocycles. The van der Waals surface area contributed by atoms with Crippen molar-refractivity contribution in [3.8, 4) is 0 Å². The maximum atomic E-state index is 12.8. The van der Waals surface area contributed by atoms with E-state index in [1.54, 1.807) is 17.0 Å². The van der Waals surface area contributed by atoms with Crippen molar-refractivity contribution in [3.05, 3.63) is 65.7 Å². The number of urea groups is 1. The molecule has 0 radical (unpaired) electrons. The minimum absolute atomic E-state index is 0.154. The summed E-state index contributed by atoms with van der Waals surface area (Å²) in [5.74, 6) is -0.154. The summed E-state index contributed by atoms with van der Waals surface area (Å²) >= 11 is 0. The standard InChI is InChI=1S/C17H14N2O2/c20-16-15-14-9-5-4-6-12(14)10-11-18(15)17(21)19(16)13-7-2-1-3-8-13/h1-9,15H,10-11H2. The van der Waals surface area contributed by atoms with Crippen molar-refractivity contribution in [1.29, 1.82) is 0 Å². The van der Waals surface area contributed by atoms with Gasteiger partial charge < -0.3 is 4.90 Å². The number of carbonyl (C=O) groups is 2. The quantitative estimate of drug-likeness (QED) is 0.753. The van der Waals surface area contributed by atoms with Gasteiger partial charge in [-0.15, -0.1) is 0 Å². The van der Waals surface area contributed by atoms with Gasteiger partial charge in [-0.1, -0.05) is 42.5 Å². The number of nitrogens with zero attached hydrogens (tertiary/aromatic N) is 2. The Morgan fingerprint density at radius 2 is 1.62 bits per heavy atom. The van der Waals surface area contributed by atoms with Gasteiger partial charge in [-0.25, -0.2) is 9.69 Å². The van der Waals surface area contributed by atoms with Crippen molar-refractivity contribution < 1.29 is 9.59 Å². The van der Waals surface area contributed by atoms with E-state index < -0.39 is 6.04 Å². The molecule has 0 aromatic heterocycles. The number of fused-ring (bicyclic) bond motifs is 3. The molecule has 0 saturated carbocycles. The first kappa shape index (κ1) is 12.1. The van der Waals surface area contributed by atoms with E-state index in [-0.39, 0.29) is 11.9 Å². The first-order valence-corrected chi connectivity index (χ1v) is 7.05. The molecule has 1 fully saturated rings. The molecule has 0 N–H and O–H groups in total. The van der Waals surface area contributed by atoms with Crippen LogP contribution in [0.15, 0.2) is 54.6 Å². The largest absolute Gasteiger partial charge is 0.332 e. The molecule has 3 amide bonds. The number of imide groups is 1. The number of anilines is 1. The molecule has 4 nitrogen and oxygen atoms in total. The average Bonchev–Trinajstić information content (AvgIpc) is 2.80. The summed E-state index contributed by atoms with van der Waals surface area (Å²) in [6.07, 6.45) is 0.800. The molecule has 21 heavy (non-hydrogen) atoms. The Morgan fingerprint density at radius 3 is 2.43 bits per heavy atom. The van der Waals surface area contributed by atoms with Gasteiger partial charge in [0.15, 0.2) is 0 Å². The summed E-state index contributed by atoms with van der Waals surface area (Å²) in [4.78, 5) is 28.3. The summed E-state index contributed by atoms with van der Waals surface area (Å²) < 4.78 is 0. The van der Waals surface area contributed by atoms with Gasteiger partial charge in [-0.3, -0.25) is 4.79 Å². The van der Waals surface area contributed by atoms with E-state index >= 15 is 0 Å². The third kappa shape index (κ3) is 1.69. The maximum absolute atomic E-state index is 12.8. The number of benzene rings is 2. The van der Waals surface area contributed by atoms with E-state index in [9.17, 15) is 9.59 Å². The Labute approximate surface area is 122 Å². The first-order valence-electron chi connectivity index (χ1n) is 7.05. The SMILES string of the molecule is O=C1C2c3ccccc3CCN2C(=O)N1c1ccccc1. The number of amides is 3. The molecule has 4 heteroatoms. The third-order valence-electron chi connectivity index (χ3n) is 4.19. The van der Waals surface area contributed by atoms with Crippen LogP contribution in [0.1, 0.15) is 17.2 Å². The number of carbonyl (C=O) groups excluding carboxylic acids is 2. The zero-order valence-electron chi connectivity index (χ0n) is 11.4. The van der Waals surface area contributed by atoms with Crippen LogP contribution < -0.4 is 4.90 Å². The fourth-order valence-corrected chi connectivity index (χ4v) is 3.20. The van der Waals surface area contributed by atoms with Gasteiger partial charge in [0.1, 0.15) is 6.04 Å². The van der Waals surface area contributed by atoms with Crippen molar-refractivity contribution >= 4 is 17.6 Å². The molecule has 1 unspecified atom stereocenters. The number of para-hydroxylation sites is 1. The zero-order chi connectivity index (χ0) is 14.4. The lowest BCUT2D eigenvalue weighted by Crippen LogP contribution is -2.36. The van der Waals surface area contributed by atoms with Crippen LogP contribution in [-0.4, -0.2) is 23.4 Å². The monoisotopic (exact) mass is 278 g/mol. The molecule has 2 aliphatic heterocycles. The molecular formula is C17H14N2O2. The number of hydrogen-bond donors (Lipinski definition) is 0. The molecule has 1 atom stereocenters. The van der Waals surface area contributed by atoms with E-state index in [1.807, 2.05) is 42.5 Å². The van der Waals surface area contributed by atoms with Gasteiger partial charge in [0.05, 0.1) is 5.69 Å². The smallest absolute Gasteiger partial charge is 0.307 e. The fourth-order valence-electron chi connectivity index (χ4n) is 3.20. The second kappa shape index (κ2) is 4.45. The highest BCUT2D eigenvalue weighted by Crippen LogP contribution is 2.38. The average molecular weight is 278 g/mol. The van der Waals surface area contributed by atoms with Gasteiger partial charge >= 0.3 is 6.03 Å². The molecule has 2 aromatic rings. The molecule has 0 bridgehead atoms. The third-order valence-corrected chi connectivity index (χ3v) is 4.19. The second-order valence-corrected chi connectivity index (χ2v) is 5.34. The van der Waals surface area contributed by atoms with Gasteiger partial charge in [-0.05, 0) is 29.7 Å². The van der Waals surface area contributed by atoms with Gasteiger partial charge in [-0.2, -0.15) is 0 Å². The highest BCUT2D eigenvalue weighted by atomic mass is 16.2. The lowest BCUT2D eigenvalue weighted by atomic mass is 9.93. The van der Waals surface area contributed by atoms with Crippen LogP contribution >= 0.6 is 0 Å². The molecular weight excluding hydrogens is 264 g/mol. The van der Waals surface area contributed by atoms with Crippen LogP contribution in [-0.2, 0) is 11.2 Å².